The molecule has 0 bridgehead atoms. The molecular weight excluding hydrogens is 330 g/mol. The maximum atomic E-state index is 13.1. The van der Waals surface area contributed by atoms with Crippen molar-refractivity contribution in [3.63, 3.8) is 0 Å². The highest BCUT2D eigenvalue weighted by Crippen LogP contribution is 2.44. The average Bonchev–Trinajstić information content (AvgIpc) is 3.26. The van der Waals surface area contributed by atoms with Crippen LogP contribution in [0.2, 0.25) is 0 Å². The number of aromatic nitrogens is 2. The molecule has 1 aromatic heterocycles. The lowest BCUT2D eigenvalue weighted by molar-refractivity contribution is -0.133. The van der Waals surface area contributed by atoms with Gasteiger partial charge in [0.25, 0.3) is 11.8 Å². The van der Waals surface area contributed by atoms with Crippen LogP contribution in [0.4, 0.5) is 5.69 Å². The molecule has 6 heteroatoms. The molecule has 2 heterocycles. The van der Waals surface area contributed by atoms with Gasteiger partial charge in [0.15, 0.2) is 0 Å². The van der Waals surface area contributed by atoms with Gasteiger partial charge in [0.1, 0.15) is 0 Å². The molecule has 1 atom stereocenters. The Morgan fingerprint density at radius 1 is 1.08 bits per heavy atom. The summed E-state index contributed by atoms with van der Waals surface area (Å²) in [5, 5.41) is 19.3. The Morgan fingerprint density at radius 2 is 1.81 bits per heavy atom. The molecule has 1 amide bonds. The van der Waals surface area contributed by atoms with Crippen molar-refractivity contribution in [1.29, 1.82) is 0 Å². The van der Waals surface area contributed by atoms with E-state index in [9.17, 15) is 9.90 Å². The van der Waals surface area contributed by atoms with E-state index in [1.165, 1.54) is 0 Å². The minimum absolute atomic E-state index is 0.104. The normalized spacial score (nSPS) is 19.0. The number of carbonyl (C=O) groups is 1. The molecule has 1 aliphatic rings. The molecule has 4 rings (SSSR count). The fraction of sp³-hybridized carbons (Fsp3) is 0.250. The lowest BCUT2D eigenvalue weighted by atomic mass is 9.95. The predicted octanol–water partition coefficient (Wildman–Crippen LogP) is 3.12. The number of nitrogens with zero attached hydrogens (tertiary/aromatic N) is 3. The van der Waals surface area contributed by atoms with Gasteiger partial charge in [-0.05, 0) is 24.6 Å². The van der Waals surface area contributed by atoms with Crippen molar-refractivity contribution in [1.82, 2.24) is 10.2 Å². The minimum Gasteiger partial charge on any atom is -0.417 e. The number of anilines is 1. The number of benzene rings is 2. The van der Waals surface area contributed by atoms with Crippen molar-refractivity contribution >= 4 is 11.6 Å². The largest absolute Gasteiger partial charge is 0.417 e. The number of fused-ring (bicyclic) bond motifs is 1. The van der Waals surface area contributed by atoms with Crippen molar-refractivity contribution in [2.24, 2.45) is 0 Å². The molecule has 0 fully saturated rings. The van der Waals surface area contributed by atoms with E-state index in [0.29, 0.717) is 17.8 Å². The van der Waals surface area contributed by atoms with Crippen LogP contribution in [-0.4, -0.2) is 27.8 Å². The van der Waals surface area contributed by atoms with Gasteiger partial charge >= 0.3 is 0 Å². The first-order valence-corrected chi connectivity index (χ1v) is 8.69. The van der Waals surface area contributed by atoms with Gasteiger partial charge in [-0.1, -0.05) is 49.7 Å². The Morgan fingerprint density at radius 3 is 2.58 bits per heavy atom. The average molecular weight is 349 g/mol. The number of aliphatic hydroxyl groups is 1. The van der Waals surface area contributed by atoms with Gasteiger partial charge in [-0.3, -0.25) is 4.79 Å². The Labute approximate surface area is 151 Å². The number of hydrogen-bond donors (Lipinski definition) is 1. The van der Waals surface area contributed by atoms with Crippen molar-refractivity contribution in [3.8, 4) is 11.5 Å². The Kier molecular flexibility index (Phi) is 4.05. The summed E-state index contributed by atoms with van der Waals surface area (Å²) in [5.41, 5.74) is -0.0571. The quantitative estimate of drug-likeness (QED) is 0.765. The molecule has 0 aliphatic carbocycles. The highest BCUT2D eigenvalue weighted by Gasteiger charge is 2.54. The van der Waals surface area contributed by atoms with Crippen LogP contribution in [0.3, 0.4) is 0 Å². The third-order valence-electron chi connectivity index (χ3n) is 4.63. The topological polar surface area (TPSA) is 79.5 Å². The third kappa shape index (κ3) is 2.42. The fourth-order valence-corrected chi connectivity index (χ4v) is 3.25. The fourth-order valence-electron chi connectivity index (χ4n) is 3.25. The van der Waals surface area contributed by atoms with E-state index < -0.39 is 11.5 Å². The second kappa shape index (κ2) is 6.38. The number of rotatable bonds is 5. The van der Waals surface area contributed by atoms with Gasteiger partial charge < -0.3 is 14.4 Å². The molecule has 6 nitrogen and oxygen atoms in total. The summed E-state index contributed by atoms with van der Waals surface area (Å²) in [6.45, 7) is 2.59. The summed E-state index contributed by atoms with van der Waals surface area (Å²) in [7, 11) is 0. The summed E-state index contributed by atoms with van der Waals surface area (Å²) in [4.78, 5) is 14.7. The molecule has 0 saturated carbocycles. The number of para-hydroxylation sites is 1. The van der Waals surface area contributed by atoms with E-state index in [1.54, 1.807) is 17.0 Å². The van der Waals surface area contributed by atoms with Crippen LogP contribution in [0.25, 0.3) is 11.5 Å². The number of amides is 1. The van der Waals surface area contributed by atoms with E-state index in [0.717, 1.165) is 18.4 Å². The third-order valence-corrected chi connectivity index (χ3v) is 4.63. The van der Waals surface area contributed by atoms with E-state index in [-0.39, 0.29) is 11.8 Å². The van der Waals surface area contributed by atoms with Crippen LogP contribution >= 0.6 is 0 Å². The molecule has 0 radical (unpaired) electrons. The van der Waals surface area contributed by atoms with Crippen molar-refractivity contribution in [3.05, 3.63) is 66.1 Å². The molecule has 2 aromatic carbocycles. The summed E-state index contributed by atoms with van der Waals surface area (Å²) in [6.07, 6.45) is 1.79. The number of hydrogen-bond acceptors (Lipinski definition) is 5. The first kappa shape index (κ1) is 16.5. The summed E-state index contributed by atoms with van der Waals surface area (Å²) in [6, 6.07) is 16.5. The van der Waals surface area contributed by atoms with Gasteiger partial charge in [0.2, 0.25) is 11.5 Å². The first-order valence-electron chi connectivity index (χ1n) is 8.69. The smallest absolute Gasteiger partial charge is 0.273 e. The summed E-state index contributed by atoms with van der Waals surface area (Å²) < 4.78 is 5.72. The van der Waals surface area contributed by atoms with Crippen LogP contribution in [-0.2, 0) is 10.4 Å². The number of carbonyl (C=O) groups excluding carboxylic acids is 1. The van der Waals surface area contributed by atoms with Crippen LogP contribution in [0, 0.1) is 0 Å². The number of unbranched alkanes of at least 4 members (excludes halogenated alkanes) is 1. The van der Waals surface area contributed by atoms with Crippen LogP contribution in [0.5, 0.6) is 0 Å². The molecule has 0 spiro atoms. The van der Waals surface area contributed by atoms with Crippen LogP contribution in [0.1, 0.15) is 31.2 Å². The maximum Gasteiger partial charge on any atom is 0.273 e. The molecular formula is C20H19N3O3. The lowest BCUT2D eigenvalue weighted by Crippen LogP contribution is -2.41. The van der Waals surface area contributed by atoms with E-state index in [2.05, 4.69) is 17.1 Å². The Hall–Kier alpha value is -2.99. The van der Waals surface area contributed by atoms with Gasteiger partial charge in [-0.25, -0.2) is 0 Å². The zero-order valence-electron chi connectivity index (χ0n) is 14.4. The second-order valence-electron chi connectivity index (χ2n) is 6.32. The molecule has 26 heavy (non-hydrogen) atoms. The van der Waals surface area contributed by atoms with E-state index >= 15 is 0 Å². The van der Waals surface area contributed by atoms with Crippen LogP contribution < -0.4 is 4.90 Å². The van der Waals surface area contributed by atoms with Crippen molar-refractivity contribution < 1.29 is 14.3 Å². The standard InChI is InChI=1S/C20H19N3O3/c1-2-3-13-23-16-12-8-7-11-15(16)20(25,19(23)24)18-22-21-17(26-18)14-9-5-4-6-10-14/h4-12,25H,2-3,13H2,1H3/t20-/m1/s1. The molecule has 0 saturated heterocycles. The van der Waals surface area contributed by atoms with E-state index in [4.69, 9.17) is 4.42 Å². The van der Waals surface area contributed by atoms with Gasteiger partial charge in [-0.15, -0.1) is 10.2 Å². The van der Waals surface area contributed by atoms with Gasteiger partial charge in [0, 0.05) is 17.7 Å². The molecule has 1 aliphatic heterocycles. The Bertz CT molecular complexity index is 938. The maximum absolute atomic E-state index is 13.1. The SMILES string of the molecule is CCCCN1C(=O)[C@](O)(c2nnc(-c3ccccc3)o2)c2ccccc21. The summed E-state index contributed by atoms with van der Waals surface area (Å²) >= 11 is 0. The molecule has 0 unspecified atom stereocenters. The summed E-state index contributed by atoms with van der Waals surface area (Å²) in [5.74, 6) is -0.283. The monoisotopic (exact) mass is 349 g/mol. The highest BCUT2D eigenvalue weighted by atomic mass is 16.4. The first-order chi connectivity index (χ1) is 12.7. The second-order valence-corrected chi connectivity index (χ2v) is 6.32. The van der Waals surface area contributed by atoms with E-state index in [1.807, 2.05) is 42.5 Å². The molecule has 1 N–H and O–H groups in total. The van der Waals surface area contributed by atoms with Crippen molar-refractivity contribution in [2.75, 3.05) is 11.4 Å². The lowest BCUT2D eigenvalue weighted by Gasteiger charge is -2.20. The van der Waals surface area contributed by atoms with Crippen molar-refractivity contribution in [2.45, 2.75) is 25.4 Å². The zero-order valence-corrected chi connectivity index (χ0v) is 14.4. The molecule has 3 aromatic rings. The van der Waals surface area contributed by atoms with Crippen LogP contribution in [0.15, 0.2) is 59.0 Å². The minimum atomic E-state index is -1.95. The highest BCUT2D eigenvalue weighted by molar-refractivity contribution is 6.08. The predicted molar refractivity (Wildman–Crippen MR) is 96.4 cm³/mol. The zero-order chi connectivity index (χ0) is 18.1. The Balaban J connectivity index is 1.78. The molecule has 132 valence electrons. The van der Waals surface area contributed by atoms with Gasteiger partial charge in [0.05, 0.1) is 5.69 Å². The van der Waals surface area contributed by atoms with Gasteiger partial charge in [-0.2, -0.15) is 0 Å².